The Balaban J connectivity index is 1.60. The fourth-order valence-corrected chi connectivity index (χ4v) is 3.37. The molecule has 0 saturated heterocycles. The van der Waals surface area contributed by atoms with Gasteiger partial charge in [-0.15, -0.1) is 11.3 Å². The van der Waals surface area contributed by atoms with Gasteiger partial charge in [0.15, 0.2) is 0 Å². The number of anilines is 1. The van der Waals surface area contributed by atoms with Crippen LogP contribution in [0.1, 0.15) is 25.5 Å². The number of thiophene rings is 1. The van der Waals surface area contributed by atoms with E-state index in [-0.39, 0.29) is 6.04 Å². The summed E-state index contributed by atoms with van der Waals surface area (Å²) < 4.78 is 6.54. The van der Waals surface area contributed by atoms with Crippen molar-refractivity contribution in [1.82, 2.24) is 5.32 Å². The lowest BCUT2D eigenvalue weighted by Gasteiger charge is -2.15. The third kappa shape index (κ3) is 4.21. The largest absolute Gasteiger partial charge is 0.494 e. The van der Waals surface area contributed by atoms with E-state index in [9.17, 15) is 9.59 Å². The van der Waals surface area contributed by atoms with Gasteiger partial charge in [-0.25, -0.2) is 0 Å². The van der Waals surface area contributed by atoms with Crippen LogP contribution in [0.5, 0.6) is 5.75 Å². The van der Waals surface area contributed by atoms with Gasteiger partial charge < -0.3 is 15.4 Å². The van der Waals surface area contributed by atoms with Gasteiger partial charge in [-0.3, -0.25) is 9.59 Å². The fraction of sp³-hybridized carbons (Fsp3) is 0.200. The number of carbonyl (C=O) groups is 2. The van der Waals surface area contributed by atoms with E-state index in [4.69, 9.17) is 4.74 Å². The third-order valence-electron chi connectivity index (χ3n) is 3.96. The van der Waals surface area contributed by atoms with Crippen LogP contribution in [-0.2, 0) is 9.59 Å². The zero-order chi connectivity index (χ0) is 18.5. The Kier molecular flexibility index (Phi) is 5.53. The lowest BCUT2D eigenvalue weighted by Crippen LogP contribution is -2.36. The van der Waals surface area contributed by atoms with Crippen molar-refractivity contribution in [2.75, 3.05) is 11.9 Å². The van der Waals surface area contributed by atoms with E-state index in [0.29, 0.717) is 12.3 Å². The predicted octanol–water partition coefficient (Wildman–Crippen LogP) is 4.12. The number of hydrogen-bond acceptors (Lipinski definition) is 4. The van der Waals surface area contributed by atoms with Crippen molar-refractivity contribution < 1.29 is 14.3 Å². The number of nitrogens with one attached hydrogen (secondary N) is 2. The average molecular weight is 368 g/mol. The monoisotopic (exact) mass is 368 g/mol. The molecule has 1 heterocycles. The lowest BCUT2D eigenvalue weighted by atomic mass is 10.1. The highest BCUT2D eigenvalue weighted by Crippen LogP contribution is 2.24. The van der Waals surface area contributed by atoms with Crippen molar-refractivity contribution >= 4 is 38.9 Å². The number of hydrogen-bond donors (Lipinski definition) is 2. The second-order valence-corrected chi connectivity index (χ2v) is 6.77. The molecule has 5 nitrogen and oxygen atoms in total. The molecular formula is C20H20N2O3S. The molecule has 134 valence electrons. The summed E-state index contributed by atoms with van der Waals surface area (Å²) in [6, 6.07) is 14.7. The van der Waals surface area contributed by atoms with E-state index in [1.54, 1.807) is 17.4 Å². The minimum absolute atomic E-state index is 0.289. The number of fused-ring (bicyclic) bond motifs is 1. The Bertz CT molecular complexity index is 918. The molecule has 0 aliphatic carbocycles. The first-order valence-electron chi connectivity index (χ1n) is 8.38. The van der Waals surface area contributed by atoms with Crippen LogP contribution in [0.4, 0.5) is 5.69 Å². The minimum atomic E-state index is -0.683. The molecule has 2 amide bonds. The average Bonchev–Trinajstić information content (AvgIpc) is 3.10. The molecule has 0 unspecified atom stereocenters. The molecule has 1 atom stereocenters. The summed E-state index contributed by atoms with van der Waals surface area (Å²) in [4.78, 5) is 24.3. The molecule has 3 rings (SSSR count). The maximum absolute atomic E-state index is 12.2. The second-order valence-electron chi connectivity index (χ2n) is 5.82. The lowest BCUT2D eigenvalue weighted by molar-refractivity contribution is -0.136. The van der Waals surface area contributed by atoms with Gasteiger partial charge in [0.25, 0.3) is 0 Å². The molecule has 0 aliphatic heterocycles. The molecule has 26 heavy (non-hydrogen) atoms. The summed E-state index contributed by atoms with van der Waals surface area (Å²) >= 11 is 1.63. The van der Waals surface area contributed by atoms with Crippen molar-refractivity contribution in [3.8, 4) is 5.75 Å². The Morgan fingerprint density at radius 3 is 2.58 bits per heavy atom. The van der Waals surface area contributed by atoms with Gasteiger partial charge in [0.05, 0.1) is 12.6 Å². The Morgan fingerprint density at radius 2 is 1.85 bits per heavy atom. The highest BCUT2D eigenvalue weighted by molar-refractivity contribution is 7.17. The Morgan fingerprint density at radius 1 is 1.08 bits per heavy atom. The molecular weight excluding hydrogens is 348 g/mol. The minimum Gasteiger partial charge on any atom is -0.494 e. The summed E-state index contributed by atoms with van der Waals surface area (Å²) in [6.45, 7) is 4.35. The van der Waals surface area contributed by atoms with Crippen LogP contribution in [0.3, 0.4) is 0 Å². The van der Waals surface area contributed by atoms with E-state index in [0.717, 1.165) is 21.4 Å². The molecule has 3 aromatic rings. The number of ether oxygens (including phenoxy) is 1. The SMILES string of the molecule is CCOc1ccc([C@@H](C)NC(=O)C(=O)Nc2ccc3sccc3c2)cc1. The first-order valence-corrected chi connectivity index (χ1v) is 9.26. The number of benzene rings is 2. The summed E-state index contributed by atoms with van der Waals surface area (Å²) in [5.41, 5.74) is 1.50. The molecule has 0 aliphatic rings. The fourth-order valence-electron chi connectivity index (χ4n) is 2.60. The van der Waals surface area contributed by atoms with Crippen LogP contribution in [0.25, 0.3) is 10.1 Å². The van der Waals surface area contributed by atoms with Gasteiger partial charge in [-0.2, -0.15) is 0 Å². The second kappa shape index (κ2) is 8.01. The molecule has 6 heteroatoms. The van der Waals surface area contributed by atoms with Gasteiger partial charge in [0.2, 0.25) is 0 Å². The highest BCUT2D eigenvalue weighted by atomic mass is 32.1. The molecule has 2 N–H and O–H groups in total. The van der Waals surface area contributed by atoms with Gasteiger partial charge in [0, 0.05) is 10.4 Å². The number of carbonyl (C=O) groups excluding carboxylic acids is 2. The maximum Gasteiger partial charge on any atom is 0.313 e. The molecule has 0 fully saturated rings. The van der Waals surface area contributed by atoms with Crippen molar-refractivity contribution in [2.24, 2.45) is 0 Å². The zero-order valence-electron chi connectivity index (χ0n) is 14.6. The van der Waals surface area contributed by atoms with Crippen LogP contribution in [0, 0.1) is 0 Å². The van der Waals surface area contributed by atoms with Crippen LogP contribution in [-0.4, -0.2) is 18.4 Å². The summed E-state index contributed by atoms with van der Waals surface area (Å²) in [7, 11) is 0. The smallest absolute Gasteiger partial charge is 0.313 e. The molecule has 0 saturated carbocycles. The standard InChI is InChI=1S/C20H20N2O3S/c1-3-25-17-7-4-14(5-8-17)13(2)21-19(23)20(24)22-16-6-9-18-15(12-16)10-11-26-18/h4-13H,3H2,1-2H3,(H,21,23)(H,22,24)/t13-/m1/s1. The molecule has 0 radical (unpaired) electrons. The first-order chi connectivity index (χ1) is 12.6. The van der Waals surface area contributed by atoms with Gasteiger partial charge in [-0.05, 0) is 66.6 Å². The van der Waals surface area contributed by atoms with Crippen molar-refractivity contribution in [2.45, 2.75) is 19.9 Å². The summed E-state index contributed by atoms with van der Waals surface area (Å²) in [5, 5.41) is 8.38. The molecule has 2 aromatic carbocycles. The summed E-state index contributed by atoms with van der Waals surface area (Å²) in [6.07, 6.45) is 0. The molecule has 1 aromatic heterocycles. The van der Waals surface area contributed by atoms with E-state index in [2.05, 4.69) is 10.6 Å². The molecule has 0 bridgehead atoms. The first kappa shape index (κ1) is 17.9. The highest BCUT2D eigenvalue weighted by Gasteiger charge is 2.17. The van der Waals surface area contributed by atoms with Gasteiger partial charge >= 0.3 is 11.8 Å². The van der Waals surface area contributed by atoms with E-state index >= 15 is 0 Å². The Labute approximate surface area is 156 Å². The maximum atomic E-state index is 12.2. The van der Waals surface area contributed by atoms with Crippen molar-refractivity contribution in [1.29, 1.82) is 0 Å². The van der Waals surface area contributed by atoms with E-state index < -0.39 is 11.8 Å². The van der Waals surface area contributed by atoms with E-state index in [1.807, 2.05) is 61.7 Å². The van der Waals surface area contributed by atoms with E-state index in [1.165, 1.54) is 0 Å². The summed E-state index contributed by atoms with van der Waals surface area (Å²) in [5.74, 6) is -0.578. The van der Waals surface area contributed by atoms with Crippen LogP contribution in [0.15, 0.2) is 53.9 Å². The van der Waals surface area contributed by atoms with Gasteiger partial charge in [0.1, 0.15) is 5.75 Å². The van der Waals surface area contributed by atoms with Gasteiger partial charge in [-0.1, -0.05) is 12.1 Å². The van der Waals surface area contributed by atoms with Crippen LogP contribution >= 0.6 is 11.3 Å². The third-order valence-corrected chi connectivity index (χ3v) is 4.85. The Hall–Kier alpha value is -2.86. The quantitative estimate of drug-likeness (QED) is 0.666. The van der Waals surface area contributed by atoms with Crippen molar-refractivity contribution in [3.63, 3.8) is 0 Å². The van der Waals surface area contributed by atoms with Crippen molar-refractivity contribution in [3.05, 3.63) is 59.5 Å². The van der Waals surface area contributed by atoms with Crippen LogP contribution < -0.4 is 15.4 Å². The normalized spacial score (nSPS) is 11.8. The number of amides is 2. The number of rotatable bonds is 5. The zero-order valence-corrected chi connectivity index (χ0v) is 15.4. The predicted molar refractivity (Wildman–Crippen MR) is 105 cm³/mol. The van der Waals surface area contributed by atoms with Crippen LogP contribution in [0.2, 0.25) is 0 Å². The topological polar surface area (TPSA) is 67.4 Å². The molecule has 0 spiro atoms.